The Labute approximate surface area is 117 Å². The minimum Gasteiger partial charge on any atom is -0.369 e. The Bertz CT molecular complexity index is 746. The predicted molar refractivity (Wildman–Crippen MR) is 77.2 cm³/mol. The molecule has 20 heavy (non-hydrogen) atoms. The summed E-state index contributed by atoms with van der Waals surface area (Å²) in [5, 5.41) is 8.93. The largest absolute Gasteiger partial charge is 0.369 e. The van der Waals surface area contributed by atoms with Gasteiger partial charge in [-0.05, 0) is 12.5 Å². The van der Waals surface area contributed by atoms with E-state index < -0.39 is 0 Å². The van der Waals surface area contributed by atoms with E-state index >= 15 is 0 Å². The molecule has 7 nitrogen and oxygen atoms in total. The third-order valence-corrected chi connectivity index (χ3v) is 3.40. The first kappa shape index (κ1) is 12.7. The Balaban J connectivity index is 2.08. The minimum absolute atomic E-state index is 0.510. The van der Waals surface area contributed by atoms with Crippen LogP contribution < -0.4 is 5.73 Å². The molecular weight excluding hydrogens is 254 g/mol. The van der Waals surface area contributed by atoms with Crippen molar-refractivity contribution in [3.63, 3.8) is 0 Å². The lowest BCUT2D eigenvalue weighted by Crippen LogP contribution is -2.08. The van der Waals surface area contributed by atoms with Gasteiger partial charge in [-0.1, -0.05) is 13.3 Å². The van der Waals surface area contributed by atoms with Crippen molar-refractivity contribution in [3.8, 4) is 0 Å². The van der Waals surface area contributed by atoms with Gasteiger partial charge in [0.15, 0.2) is 5.65 Å². The number of aryl methyl sites for hydroxylation is 3. The average molecular weight is 273 g/mol. The molecule has 3 rings (SSSR count). The standard InChI is InChI=1S/C13H19N7/c1-4-5-10-11-12(19(3)17-10)20(13(14)15-11)8-9-6-7-18(2)16-9/h6-7H,4-5,8H2,1-3H3,(H2,14,15). The topological polar surface area (TPSA) is 79.5 Å². The van der Waals surface area contributed by atoms with E-state index in [4.69, 9.17) is 5.73 Å². The lowest BCUT2D eigenvalue weighted by molar-refractivity contribution is 0.688. The van der Waals surface area contributed by atoms with Gasteiger partial charge in [0.05, 0.1) is 17.9 Å². The van der Waals surface area contributed by atoms with Crippen molar-refractivity contribution in [2.24, 2.45) is 14.1 Å². The zero-order valence-corrected chi connectivity index (χ0v) is 12.0. The highest BCUT2D eigenvalue weighted by molar-refractivity contribution is 5.77. The predicted octanol–water partition coefficient (Wildman–Crippen LogP) is 1.09. The summed E-state index contributed by atoms with van der Waals surface area (Å²) < 4.78 is 5.60. The summed E-state index contributed by atoms with van der Waals surface area (Å²) in [7, 11) is 3.83. The van der Waals surface area contributed by atoms with Crippen molar-refractivity contribution in [1.82, 2.24) is 29.1 Å². The highest BCUT2D eigenvalue weighted by atomic mass is 15.4. The number of fused-ring (bicyclic) bond motifs is 1. The van der Waals surface area contributed by atoms with Crippen molar-refractivity contribution >= 4 is 17.1 Å². The SMILES string of the molecule is CCCc1nn(C)c2c1nc(N)n2Cc1ccn(C)n1. The van der Waals surface area contributed by atoms with Crippen LogP contribution in [0.1, 0.15) is 24.7 Å². The van der Waals surface area contributed by atoms with E-state index in [1.807, 2.05) is 35.6 Å². The molecule has 0 saturated heterocycles. The molecule has 7 heteroatoms. The first-order valence-electron chi connectivity index (χ1n) is 6.76. The molecule has 3 aromatic heterocycles. The van der Waals surface area contributed by atoms with Crippen molar-refractivity contribution in [1.29, 1.82) is 0 Å². The highest BCUT2D eigenvalue weighted by Gasteiger charge is 2.18. The van der Waals surface area contributed by atoms with E-state index in [-0.39, 0.29) is 0 Å². The maximum absolute atomic E-state index is 6.06. The summed E-state index contributed by atoms with van der Waals surface area (Å²) in [4.78, 5) is 4.48. The zero-order valence-electron chi connectivity index (χ0n) is 12.0. The number of nitrogens with two attached hydrogens (primary N) is 1. The lowest BCUT2D eigenvalue weighted by atomic mass is 10.2. The van der Waals surface area contributed by atoms with Crippen LogP contribution in [0, 0.1) is 0 Å². The maximum atomic E-state index is 6.06. The van der Waals surface area contributed by atoms with E-state index in [1.54, 1.807) is 4.68 Å². The van der Waals surface area contributed by atoms with Gasteiger partial charge in [0, 0.05) is 20.3 Å². The van der Waals surface area contributed by atoms with Crippen LogP contribution in [0.3, 0.4) is 0 Å². The normalized spacial score (nSPS) is 11.6. The van der Waals surface area contributed by atoms with Crippen LogP contribution in [0.4, 0.5) is 5.95 Å². The molecule has 3 heterocycles. The van der Waals surface area contributed by atoms with Gasteiger partial charge in [-0.25, -0.2) is 4.98 Å². The molecule has 0 aromatic carbocycles. The fraction of sp³-hybridized carbons (Fsp3) is 0.462. The molecule has 0 fully saturated rings. The summed E-state index contributed by atoms with van der Waals surface area (Å²) in [5.74, 6) is 0.510. The van der Waals surface area contributed by atoms with Crippen LogP contribution in [0.2, 0.25) is 0 Å². The van der Waals surface area contributed by atoms with Crippen molar-refractivity contribution in [2.75, 3.05) is 5.73 Å². The molecule has 3 aromatic rings. The van der Waals surface area contributed by atoms with E-state index in [0.29, 0.717) is 12.5 Å². The Hall–Kier alpha value is -2.31. The van der Waals surface area contributed by atoms with Gasteiger partial charge in [0.2, 0.25) is 5.95 Å². The molecule has 0 aliphatic rings. The van der Waals surface area contributed by atoms with Gasteiger partial charge >= 0.3 is 0 Å². The summed E-state index contributed by atoms with van der Waals surface area (Å²) >= 11 is 0. The monoisotopic (exact) mass is 273 g/mol. The van der Waals surface area contributed by atoms with Gasteiger partial charge in [0.25, 0.3) is 0 Å². The smallest absolute Gasteiger partial charge is 0.202 e. The number of nitrogens with zero attached hydrogens (tertiary/aromatic N) is 6. The molecular formula is C13H19N7. The van der Waals surface area contributed by atoms with Crippen molar-refractivity contribution < 1.29 is 0 Å². The number of hydrogen-bond acceptors (Lipinski definition) is 4. The Morgan fingerprint density at radius 2 is 2.05 bits per heavy atom. The number of aromatic nitrogens is 6. The van der Waals surface area contributed by atoms with E-state index in [2.05, 4.69) is 22.1 Å². The molecule has 0 atom stereocenters. The molecule has 0 amide bonds. The second-order valence-electron chi connectivity index (χ2n) is 5.03. The molecule has 0 aliphatic carbocycles. The second-order valence-corrected chi connectivity index (χ2v) is 5.03. The van der Waals surface area contributed by atoms with Crippen LogP contribution in [-0.2, 0) is 27.1 Å². The van der Waals surface area contributed by atoms with Crippen LogP contribution in [0.15, 0.2) is 12.3 Å². The first-order chi connectivity index (χ1) is 9.60. The van der Waals surface area contributed by atoms with Crippen LogP contribution in [0.25, 0.3) is 11.2 Å². The van der Waals surface area contributed by atoms with Gasteiger partial charge in [-0.15, -0.1) is 0 Å². The van der Waals surface area contributed by atoms with Crippen LogP contribution >= 0.6 is 0 Å². The summed E-state index contributed by atoms with van der Waals surface area (Å²) in [6, 6.07) is 1.98. The van der Waals surface area contributed by atoms with E-state index in [9.17, 15) is 0 Å². The van der Waals surface area contributed by atoms with Gasteiger partial charge in [0.1, 0.15) is 5.52 Å². The molecule has 0 saturated carbocycles. The zero-order chi connectivity index (χ0) is 14.3. The third kappa shape index (κ3) is 1.95. The number of anilines is 1. The number of nitrogen functional groups attached to an aromatic ring is 1. The third-order valence-electron chi connectivity index (χ3n) is 3.40. The lowest BCUT2D eigenvalue weighted by Gasteiger charge is -2.04. The molecule has 0 aliphatic heterocycles. The summed E-state index contributed by atoms with van der Waals surface area (Å²) in [6.07, 6.45) is 3.88. The first-order valence-corrected chi connectivity index (χ1v) is 6.76. The van der Waals surface area contributed by atoms with E-state index in [1.165, 1.54) is 0 Å². The summed E-state index contributed by atoms with van der Waals surface area (Å²) in [5.41, 5.74) is 9.89. The van der Waals surface area contributed by atoms with Crippen LogP contribution in [0.5, 0.6) is 0 Å². The Morgan fingerprint density at radius 3 is 2.70 bits per heavy atom. The number of rotatable bonds is 4. The molecule has 0 spiro atoms. The second kappa shape index (κ2) is 4.66. The van der Waals surface area contributed by atoms with Gasteiger partial charge in [-0.2, -0.15) is 10.2 Å². The molecule has 0 bridgehead atoms. The fourth-order valence-electron chi connectivity index (χ4n) is 2.53. The highest BCUT2D eigenvalue weighted by Crippen LogP contribution is 2.22. The van der Waals surface area contributed by atoms with Crippen molar-refractivity contribution in [2.45, 2.75) is 26.3 Å². The van der Waals surface area contributed by atoms with E-state index in [0.717, 1.165) is 35.4 Å². The number of hydrogen-bond donors (Lipinski definition) is 1. The summed E-state index contributed by atoms with van der Waals surface area (Å²) in [6.45, 7) is 2.74. The minimum atomic E-state index is 0.510. The maximum Gasteiger partial charge on any atom is 0.202 e. The Morgan fingerprint density at radius 1 is 1.25 bits per heavy atom. The quantitative estimate of drug-likeness (QED) is 0.771. The molecule has 0 radical (unpaired) electrons. The van der Waals surface area contributed by atoms with Crippen LogP contribution in [-0.4, -0.2) is 29.1 Å². The molecule has 106 valence electrons. The Kier molecular flexibility index (Phi) is 2.96. The average Bonchev–Trinajstić information content (AvgIpc) is 3.02. The van der Waals surface area contributed by atoms with Crippen molar-refractivity contribution in [3.05, 3.63) is 23.7 Å². The fourth-order valence-corrected chi connectivity index (χ4v) is 2.53. The number of imidazole rings is 1. The van der Waals surface area contributed by atoms with Gasteiger partial charge in [-0.3, -0.25) is 13.9 Å². The molecule has 2 N–H and O–H groups in total. The molecule has 0 unspecified atom stereocenters. The van der Waals surface area contributed by atoms with Gasteiger partial charge < -0.3 is 5.73 Å².